The second kappa shape index (κ2) is 6.83. The summed E-state index contributed by atoms with van der Waals surface area (Å²) in [6, 6.07) is 9.88. The molecule has 0 aliphatic carbocycles. The average Bonchev–Trinajstić information content (AvgIpc) is 2.46. The fourth-order valence-corrected chi connectivity index (χ4v) is 2.50. The Morgan fingerprint density at radius 3 is 2.57 bits per heavy atom. The van der Waals surface area contributed by atoms with Gasteiger partial charge < -0.3 is 14.6 Å². The van der Waals surface area contributed by atoms with E-state index < -0.39 is 5.97 Å². The first-order valence-electron chi connectivity index (χ1n) is 5.99. The van der Waals surface area contributed by atoms with Crippen LogP contribution in [-0.2, 0) is 6.61 Å². The Morgan fingerprint density at radius 2 is 1.95 bits per heavy atom. The number of carbonyl (C=O) groups is 1. The van der Waals surface area contributed by atoms with Crippen molar-refractivity contribution >= 4 is 33.5 Å². The Hall–Kier alpha value is -1.72. The van der Waals surface area contributed by atoms with E-state index in [0.29, 0.717) is 22.1 Å². The molecule has 0 radical (unpaired) electrons. The van der Waals surface area contributed by atoms with Crippen LogP contribution in [0, 0.1) is 0 Å². The molecule has 0 fully saturated rings. The molecule has 0 atom stereocenters. The number of carboxylic acid groups (broad SMARTS) is 1. The van der Waals surface area contributed by atoms with Gasteiger partial charge >= 0.3 is 5.97 Å². The Kier molecular flexibility index (Phi) is 5.09. The predicted molar refractivity (Wildman–Crippen MR) is 83.4 cm³/mol. The molecule has 2 aromatic rings. The van der Waals surface area contributed by atoms with Crippen molar-refractivity contribution in [1.29, 1.82) is 0 Å². The molecule has 0 aliphatic heterocycles. The Morgan fingerprint density at radius 1 is 1.24 bits per heavy atom. The van der Waals surface area contributed by atoms with E-state index in [2.05, 4.69) is 15.9 Å². The molecule has 4 nitrogen and oxygen atoms in total. The lowest BCUT2D eigenvalue weighted by molar-refractivity contribution is 0.0696. The van der Waals surface area contributed by atoms with E-state index in [-0.39, 0.29) is 12.2 Å². The number of hydrogen-bond acceptors (Lipinski definition) is 3. The summed E-state index contributed by atoms with van der Waals surface area (Å²) in [6.45, 7) is 0.158. The van der Waals surface area contributed by atoms with Crippen LogP contribution in [0.25, 0.3) is 0 Å². The summed E-state index contributed by atoms with van der Waals surface area (Å²) in [6.07, 6.45) is 0. The molecule has 0 spiro atoms. The molecule has 2 rings (SSSR count). The van der Waals surface area contributed by atoms with Crippen LogP contribution < -0.4 is 9.47 Å². The van der Waals surface area contributed by atoms with Crippen LogP contribution in [0.4, 0.5) is 0 Å². The van der Waals surface area contributed by atoms with E-state index in [9.17, 15) is 4.79 Å². The van der Waals surface area contributed by atoms with Gasteiger partial charge in [0.05, 0.1) is 17.7 Å². The first-order valence-corrected chi connectivity index (χ1v) is 7.16. The van der Waals surface area contributed by atoms with Gasteiger partial charge in [-0.05, 0) is 36.4 Å². The van der Waals surface area contributed by atoms with Crippen LogP contribution in [0.1, 0.15) is 15.9 Å². The molecule has 0 aromatic heterocycles. The van der Waals surface area contributed by atoms with Crippen molar-refractivity contribution < 1.29 is 19.4 Å². The van der Waals surface area contributed by atoms with Crippen LogP contribution >= 0.6 is 27.5 Å². The lowest BCUT2D eigenvalue weighted by Crippen LogP contribution is -2.03. The second-order valence-electron chi connectivity index (χ2n) is 4.20. The number of methoxy groups -OCH3 is 1. The van der Waals surface area contributed by atoms with Crippen LogP contribution in [0.5, 0.6) is 11.5 Å². The van der Waals surface area contributed by atoms with Crippen LogP contribution in [-0.4, -0.2) is 18.2 Å². The highest BCUT2D eigenvalue weighted by atomic mass is 79.9. The van der Waals surface area contributed by atoms with Crippen molar-refractivity contribution in [3.8, 4) is 11.5 Å². The van der Waals surface area contributed by atoms with Crippen molar-refractivity contribution in [2.24, 2.45) is 0 Å². The van der Waals surface area contributed by atoms with Crippen molar-refractivity contribution in [3.63, 3.8) is 0 Å². The smallest absolute Gasteiger partial charge is 0.335 e. The van der Waals surface area contributed by atoms with Gasteiger partial charge in [-0.2, -0.15) is 0 Å². The quantitative estimate of drug-likeness (QED) is 0.847. The minimum atomic E-state index is -0.999. The highest BCUT2D eigenvalue weighted by Crippen LogP contribution is 2.29. The molecule has 0 bridgehead atoms. The van der Waals surface area contributed by atoms with E-state index in [1.165, 1.54) is 19.2 Å². The maximum Gasteiger partial charge on any atom is 0.335 e. The van der Waals surface area contributed by atoms with Gasteiger partial charge in [0.25, 0.3) is 0 Å². The molecular weight excluding hydrogens is 360 g/mol. The van der Waals surface area contributed by atoms with Gasteiger partial charge in [-0.25, -0.2) is 4.79 Å². The van der Waals surface area contributed by atoms with Gasteiger partial charge in [0.2, 0.25) is 0 Å². The summed E-state index contributed by atoms with van der Waals surface area (Å²) >= 11 is 9.39. The normalized spacial score (nSPS) is 10.2. The molecule has 2 aromatic carbocycles. The molecule has 0 aliphatic rings. The monoisotopic (exact) mass is 370 g/mol. The van der Waals surface area contributed by atoms with Gasteiger partial charge in [0.1, 0.15) is 18.1 Å². The van der Waals surface area contributed by atoms with Gasteiger partial charge in [-0.3, -0.25) is 0 Å². The number of hydrogen-bond donors (Lipinski definition) is 1. The fraction of sp³-hybridized carbons (Fsp3) is 0.133. The van der Waals surface area contributed by atoms with Crippen LogP contribution in [0.3, 0.4) is 0 Å². The van der Waals surface area contributed by atoms with Crippen LogP contribution in [0.2, 0.25) is 5.02 Å². The van der Waals surface area contributed by atoms with E-state index in [0.717, 1.165) is 4.47 Å². The molecule has 0 amide bonds. The van der Waals surface area contributed by atoms with Crippen molar-refractivity contribution in [3.05, 3.63) is 57.0 Å². The number of ether oxygens (including phenoxy) is 2. The average molecular weight is 372 g/mol. The molecule has 110 valence electrons. The van der Waals surface area contributed by atoms with E-state index in [4.69, 9.17) is 26.2 Å². The zero-order valence-electron chi connectivity index (χ0n) is 11.1. The molecule has 6 heteroatoms. The Labute approximate surface area is 135 Å². The van der Waals surface area contributed by atoms with Gasteiger partial charge in [0, 0.05) is 10.0 Å². The van der Waals surface area contributed by atoms with E-state index >= 15 is 0 Å². The predicted octanol–water partition coefficient (Wildman–Crippen LogP) is 4.39. The minimum absolute atomic E-state index is 0.158. The van der Waals surface area contributed by atoms with Gasteiger partial charge in [-0.15, -0.1) is 0 Å². The second-order valence-corrected chi connectivity index (χ2v) is 5.52. The lowest BCUT2D eigenvalue weighted by atomic mass is 10.1. The van der Waals surface area contributed by atoms with Crippen LogP contribution in [0.15, 0.2) is 40.9 Å². The fourth-order valence-electron chi connectivity index (χ4n) is 1.77. The standard InChI is InChI=1S/C15H12BrClO4/c1-20-13-4-2-9(15(18)19)6-10(13)8-21-14-5-3-11(16)7-12(14)17/h2-7H,8H2,1H3,(H,18,19). The Bertz CT molecular complexity index is 673. The zero-order valence-corrected chi connectivity index (χ0v) is 13.4. The maximum atomic E-state index is 11.0. The summed E-state index contributed by atoms with van der Waals surface area (Å²) in [5, 5.41) is 9.49. The number of halogens is 2. The molecule has 0 unspecified atom stereocenters. The molecule has 21 heavy (non-hydrogen) atoms. The van der Waals surface area contributed by atoms with Gasteiger partial charge in [-0.1, -0.05) is 27.5 Å². The highest BCUT2D eigenvalue weighted by Gasteiger charge is 2.10. The third kappa shape index (κ3) is 3.89. The first-order chi connectivity index (χ1) is 10.0. The van der Waals surface area contributed by atoms with E-state index in [1.807, 2.05) is 6.07 Å². The molecule has 0 saturated heterocycles. The topological polar surface area (TPSA) is 55.8 Å². The van der Waals surface area contributed by atoms with E-state index in [1.54, 1.807) is 18.2 Å². The SMILES string of the molecule is COc1ccc(C(=O)O)cc1COc1ccc(Br)cc1Cl. The summed E-state index contributed by atoms with van der Waals surface area (Å²) < 4.78 is 11.7. The van der Waals surface area contributed by atoms with Crippen molar-refractivity contribution in [2.45, 2.75) is 6.61 Å². The summed E-state index contributed by atoms with van der Waals surface area (Å²) in [4.78, 5) is 11.0. The molecule has 0 saturated carbocycles. The summed E-state index contributed by atoms with van der Waals surface area (Å²) in [7, 11) is 1.52. The number of carboxylic acids is 1. The number of aromatic carboxylic acids is 1. The molecule has 1 N–H and O–H groups in total. The highest BCUT2D eigenvalue weighted by molar-refractivity contribution is 9.10. The van der Waals surface area contributed by atoms with Crippen molar-refractivity contribution in [2.75, 3.05) is 7.11 Å². The molecular formula is C15H12BrClO4. The zero-order chi connectivity index (χ0) is 15.4. The maximum absolute atomic E-state index is 11.0. The summed E-state index contributed by atoms with van der Waals surface area (Å²) in [5.41, 5.74) is 0.813. The molecule has 0 heterocycles. The third-order valence-corrected chi connectivity index (χ3v) is 3.59. The Balaban J connectivity index is 2.22. The largest absolute Gasteiger partial charge is 0.496 e. The lowest BCUT2D eigenvalue weighted by Gasteiger charge is -2.12. The third-order valence-electron chi connectivity index (χ3n) is 2.80. The summed E-state index contributed by atoms with van der Waals surface area (Å²) in [5.74, 6) is 0.0801. The number of benzene rings is 2. The van der Waals surface area contributed by atoms with Crippen molar-refractivity contribution in [1.82, 2.24) is 0 Å². The minimum Gasteiger partial charge on any atom is -0.496 e. The first kappa shape index (κ1) is 15.7. The number of rotatable bonds is 5. The van der Waals surface area contributed by atoms with Gasteiger partial charge in [0.15, 0.2) is 0 Å².